The minimum Gasteiger partial charge on any atom is -0.449 e. The van der Waals surface area contributed by atoms with Crippen LogP contribution in [-0.2, 0) is 11.3 Å². The highest BCUT2D eigenvalue weighted by molar-refractivity contribution is 6.31. The van der Waals surface area contributed by atoms with Crippen molar-refractivity contribution in [2.24, 2.45) is 5.73 Å². The Morgan fingerprint density at radius 1 is 1.17 bits per heavy atom. The number of primary amides is 1. The maximum absolute atomic E-state index is 14.3. The molecule has 2 heterocycles. The number of hydrogen-bond acceptors (Lipinski definition) is 5. The second-order valence-corrected chi connectivity index (χ2v) is 7.40. The summed E-state index contributed by atoms with van der Waals surface area (Å²) in [5.74, 6) is -1.92. The molecule has 9 heteroatoms. The molecule has 156 valence electrons. The van der Waals surface area contributed by atoms with Gasteiger partial charge in [-0.1, -0.05) is 11.6 Å². The highest BCUT2D eigenvalue weighted by Crippen LogP contribution is 2.33. The highest BCUT2D eigenvalue weighted by atomic mass is 35.5. The molecule has 2 amide bonds. The number of fused-ring (bicyclic) bond motifs is 1. The number of carbonyl (C=O) groups excluding carboxylic acids is 2. The average Bonchev–Trinajstić information content (AvgIpc) is 3.08. The van der Waals surface area contributed by atoms with Crippen LogP contribution in [0.25, 0.3) is 11.0 Å². The molecule has 1 aliphatic heterocycles. The van der Waals surface area contributed by atoms with Gasteiger partial charge in [-0.05, 0) is 30.3 Å². The number of morpholine rings is 1. The normalized spacial score (nSPS) is 14.7. The molecule has 0 unspecified atom stereocenters. The number of nitrogens with two attached hydrogens (primary N) is 1. The second-order valence-electron chi connectivity index (χ2n) is 6.96. The molecule has 3 aromatic rings. The van der Waals surface area contributed by atoms with Gasteiger partial charge in [0.05, 0.1) is 13.2 Å². The Balaban J connectivity index is 1.62. The van der Waals surface area contributed by atoms with Gasteiger partial charge < -0.3 is 20.2 Å². The van der Waals surface area contributed by atoms with Crippen molar-refractivity contribution in [3.63, 3.8) is 0 Å². The number of furan rings is 1. The molecule has 0 radical (unpaired) electrons. The summed E-state index contributed by atoms with van der Waals surface area (Å²) in [6.07, 6.45) is 0. The van der Waals surface area contributed by atoms with Crippen LogP contribution in [-0.4, -0.2) is 43.0 Å². The molecule has 2 aromatic carbocycles. The van der Waals surface area contributed by atoms with Crippen molar-refractivity contribution in [1.82, 2.24) is 4.90 Å². The van der Waals surface area contributed by atoms with Crippen molar-refractivity contribution in [3.8, 4) is 0 Å². The van der Waals surface area contributed by atoms with Crippen LogP contribution >= 0.6 is 11.6 Å². The van der Waals surface area contributed by atoms with Crippen molar-refractivity contribution < 1.29 is 23.1 Å². The van der Waals surface area contributed by atoms with Crippen LogP contribution in [0.3, 0.4) is 0 Å². The maximum Gasteiger partial charge on any atom is 0.286 e. The van der Waals surface area contributed by atoms with E-state index >= 15 is 0 Å². The maximum atomic E-state index is 14.3. The van der Waals surface area contributed by atoms with Crippen LogP contribution in [0.1, 0.15) is 26.5 Å². The summed E-state index contributed by atoms with van der Waals surface area (Å²) < 4.78 is 25.1. The van der Waals surface area contributed by atoms with Crippen LogP contribution in [0.2, 0.25) is 5.02 Å². The Hall–Kier alpha value is -2.94. The average molecular weight is 432 g/mol. The van der Waals surface area contributed by atoms with Crippen LogP contribution in [0, 0.1) is 5.82 Å². The van der Waals surface area contributed by atoms with E-state index in [-0.39, 0.29) is 22.8 Å². The molecule has 1 aliphatic rings. The summed E-state index contributed by atoms with van der Waals surface area (Å²) in [4.78, 5) is 26.7. The number of hydrogen-bond donors (Lipinski definition) is 2. The zero-order valence-electron chi connectivity index (χ0n) is 15.9. The summed E-state index contributed by atoms with van der Waals surface area (Å²) in [7, 11) is 0. The van der Waals surface area contributed by atoms with Gasteiger partial charge in [0.15, 0.2) is 0 Å². The Bertz CT molecular complexity index is 1120. The summed E-state index contributed by atoms with van der Waals surface area (Å²) >= 11 is 5.96. The summed E-state index contributed by atoms with van der Waals surface area (Å²) in [5, 5.41) is 3.57. The number of carbonyl (C=O) groups is 2. The van der Waals surface area contributed by atoms with E-state index in [1.165, 1.54) is 24.3 Å². The van der Waals surface area contributed by atoms with Gasteiger partial charge in [0.25, 0.3) is 11.8 Å². The predicted molar refractivity (Wildman–Crippen MR) is 110 cm³/mol. The molecule has 3 N–H and O–H groups in total. The molecule has 7 nitrogen and oxygen atoms in total. The van der Waals surface area contributed by atoms with Crippen molar-refractivity contribution in [2.75, 3.05) is 31.6 Å². The number of halogens is 2. The summed E-state index contributed by atoms with van der Waals surface area (Å²) in [6, 6.07) is 8.90. The van der Waals surface area contributed by atoms with Crippen molar-refractivity contribution in [1.29, 1.82) is 0 Å². The van der Waals surface area contributed by atoms with E-state index in [0.29, 0.717) is 54.4 Å². The second kappa shape index (κ2) is 8.43. The van der Waals surface area contributed by atoms with Crippen molar-refractivity contribution >= 4 is 40.1 Å². The minimum atomic E-state index is -0.829. The van der Waals surface area contributed by atoms with Gasteiger partial charge in [0.1, 0.15) is 17.1 Å². The topological polar surface area (TPSA) is 97.8 Å². The molecule has 0 atom stereocenters. The van der Waals surface area contributed by atoms with E-state index in [1.54, 1.807) is 12.1 Å². The lowest BCUT2D eigenvalue weighted by atomic mass is 10.1. The van der Waals surface area contributed by atoms with Gasteiger partial charge in [-0.3, -0.25) is 14.5 Å². The molecule has 0 bridgehead atoms. The number of anilines is 1. The quantitative estimate of drug-likeness (QED) is 0.645. The molecule has 0 saturated carbocycles. The predicted octanol–water partition coefficient (Wildman–Crippen LogP) is 3.41. The SMILES string of the molecule is NC(=O)c1oc2cc(Cl)ccc2c1NC(=O)c1ccc(F)c(CN2CCOCC2)c1. The minimum absolute atomic E-state index is 0.151. The number of nitrogens with zero attached hydrogens (tertiary/aromatic N) is 1. The fourth-order valence-electron chi connectivity index (χ4n) is 3.39. The summed E-state index contributed by atoms with van der Waals surface area (Å²) in [5.41, 5.74) is 6.52. The van der Waals surface area contributed by atoms with E-state index < -0.39 is 11.8 Å². The Morgan fingerprint density at radius 3 is 2.67 bits per heavy atom. The van der Waals surface area contributed by atoms with Crippen LogP contribution in [0.15, 0.2) is 40.8 Å². The first-order chi connectivity index (χ1) is 14.4. The first-order valence-corrected chi connectivity index (χ1v) is 9.72. The van der Waals surface area contributed by atoms with Crippen LogP contribution in [0.4, 0.5) is 10.1 Å². The molecular weight excluding hydrogens is 413 g/mol. The van der Waals surface area contributed by atoms with Gasteiger partial charge in [-0.25, -0.2) is 4.39 Å². The molecule has 30 heavy (non-hydrogen) atoms. The Kier molecular flexibility index (Phi) is 5.72. The third-order valence-corrected chi connectivity index (χ3v) is 5.16. The van der Waals surface area contributed by atoms with Gasteiger partial charge in [-0.2, -0.15) is 0 Å². The first kappa shape index (κ1) is 20.3. The fraction of sp³-hybridized carbons (Fsp3) is 0.238. The van der Waals surface area contributed by atoms with Crippen molar-refractivity contribution in [3.05, 3.63) is 64.1 Å². The third kappa shape index (κ3) is 4.16. The Morgan fingerprint density at radius 2 is 1.93 bits per heavy atom. The smallest absolute Gasteiger partial charge is 0.286 e. The number of nitrogens with one attached hydrogen (secondary N) is 1. The monoisotopic (exact) mass is 431 g/mol. The molecular formula is C21H19ClFN3O4. The van der Waals surface area contributed by atoms with Gasteiger partial charge >= 0.3 is 0 Å². The molecule has 1 fully saturated rings. The first-order valence-electron chi connectivity index (χ1n) is 9.34. The van der Waals surface area contributed by atoms with Crippen LogP contribution < -0.4 is 11.1 Å². The molecule has 0 spiro atoms. The van der Waals surface area contributed by atoms with E-state index in [9.17, 15) is 14.0 Å². The Labute approximate surface area is 176 Å². The molecule has 1 aromatic heterocycles. The van der Waals surface area contributed by atoms with E-state index in [0.717, 1.165) is 0 Å². The number of rotatable bonds is 5. The summed E-state index contributed by atoms with van der Waals surface area (Å²) in [6.45, 7) is 2.95. The van der Waals surface area contributed by atoms with E-state index in [4.69, 9.17) is 26.5 Å². The van der Waals surface area contributed by atoms with Crippen molar-refractivity contribution in [2.45, 2.75) is 6.54 Å². The third-order valence-electron chi connectivity index (χ3n) is 4.92. The zero-order valence-corrected chi connectivity index (χ0v) is 16.7. The zero-order chi connectivity index (χ0) is 21.3. The lowest BCUT2D eigenvalue weighted by Gasteiger charge is -2.26. The number of ether oxygens (including phenoxy) is 1. The van der Waals surface area contributed by atoms with Crippen LogP contribution in [0.5, 0.6) is 0 Å². The lowest BCUT2D eigenvalue weighted by molar-refractivity contribution is 0.0337. The lowest BCUT2D eigenvalue weighted by Crippen LogP contribution is -2.35. The van der Waals surface area contributed by atoms with E-state index in [1.807, 2.05) is 0 Å². The number of benzene rings is 2. The largest absolute Gasteiger partial charge is 0.449 e. The van der Waals surface area contributed by atoms with E-state index in [2.05, 4.69) is 10.2 Å². The molecule has 0 aliphatic carbocycles. The fourth-order valence-corrected chi connectivity index (χ4v) is 3.55. The molecule has 4 rings (SSSR count). The van der Waals surface area contributed by atoms with Gasteiger partial charge in [0.2, 0.25) is 5.76 Å². The van der Waals surface area contributed by atoms with Gasteiger partial charge in [-0.15, -0.1) is 0 Å². The highest BCUT2D eigenvalue weighted by Gasteiger charge is 2.22. The van der Waals surface area contributed by atoms with Gasteiger partial charge in [0, 0.05) is 47.2 Å². The number of amides is 2. The standard InChI is InChI=1S/C21H19ClFN3O4/c22-14-2-3-15-17(10-14)30-19(20(24)27)18(15)25-21(28)12-1-4-16(23)13(9-12)11-26-5-7-29-8-6-26/h1-4,9-10H,5-8,11H2,(H2,24,27)(H,25,28). The molecule has 1 saturated heterocycles.